The zero-order valence-electron chi connectivity index (χ0n) is 17.6. The van der Waals surface area contributed by atoms with Gasteiger partial charge >= 0.3 is 0 Å². The van der Waals surface area contributed by atoms with Crippen LogP contribution in [0.3, 0.4) is 0 Å². The lowest BCUT2D eigenvalue weighted by Crippen LogP contribution is -2.40. The van der Waals surface area contributed by atoms with Gasteiger partial charge in [-0.15, -0.1) is 0 Å². The highest BCUT2D eigenvalue weighted by molar-refractivity contribution is 5.25. The van der Waals surface area contributed by atoms with E-state index in [4.69, 9.17) is 5.10 Å². The van der Waals surface area contributed by atoms with E-state index >= 15 is 0 Å². The molecule has 0 saturated carbocycles. The molecule has 1 aliphatic rings. The van der Waals surface area contributed by atoms with Crippen molar-refractivity contribution in [1.82, 2.24) is 24.6 Å². The summed E-state index contributed by atoms with van der Waals surface area (Å²) in [4.78, 5) is 9.78. The number of hydrogen-bond acceptors (Lipinski definition) is 4. The molecule has 0 bridgehead atoms. The Hall–Kier alpha value is -1.72. The molecule has 0 amide bonds. The zero-order chi connectivity index (χ0) is 19.4. The first-order valence-electron chi connectivity index (χ1n) is 10.4. The van der Waals surface area contributed by atoms with E-state index in [-0.39, 0.29) is 0 Å². The maximum atomic E-state index is 4.80. The van der Waals surface area contributed by atoms with Crippen LogP contribution >= 0.6 is 0 Å². The fraction of sp³-hybridized carbons (Fsp3) is 0.636. The summed E-state index contributed by atoms with van der Waals surface area (Å²) in [5, 5.41) is 4.80. The van der Waals surface area contributed by atoms with Gasteiger partial charge in [0.2, 0.25) is 0 Å². The third-order valence-electron chi connectivity index (χ3n) is 5.83. The van der Waals surface area contributed by atoms with E-state index in [2.05, 4.69) is 66.2 Å². The summed E-state index contributed by atoms with van der Waals surface area (Å²) in [5.41, 5.74) is 4.98. The SMILES string of the molecule is CCN1CCC[C@H]1CN(Cc1ccccn1)Cc1c(C)nn(C(C)C)c1C. The highest BCUT2D eigenvalue weighted by atomic mass is 15.3. The van der Waals surface area contributed by atoms with E-state index in [1.54, 1.807) is 0 Å². The molecule has 1 fully saturated rings. The second kappa shape index (κ2) is 8.98. The number of likely N-dealkylation sites (tertiary alicyclic amines) is 1. The maximum Gasteiger partial charge on any atom is 0.0641 e. The van der Waals surface area contributed by atoms with Crippen LogP contribution in [0.1, 0.15) is 62.3 Å². The molecule has 0 N–H and O–H groups in total. The number of pyridine rings is 1. The van der Waals surface area contributed by atoms with Gasteiger partial charge < -0.3 is 0 Å². The van der Waals surface area contributed by atoms with Crippen molar-refractivity contribution in [1.29, 1.82) is 0 Å². The van der Waals surface area contributed by atoms with Gasteiger partial charge in [-0.1, -0.05) is 13.0 Å². The van der Waals surface area contributed by atoms with Gasteiger partial charge in [0.1, 0.15) is 0 Å². The summed E-state index contributed by atoms with van der Waals surface area (Å²) >= 11 is 0. The Kier molecular flexibility index (Phi) is 6.66. The van der Waals surface area contributed by atoms with Crippen molar-refractivity contribution in [3.8, 4) is 0 Å². The van der Waals surface area contributed by atoms with E-state index in [9.17, 15) is 0 Å². The minimum Gasteiger partial charge on any atom is -0.299 e. The van der Waals surface area contributed by atoms with Gasteiger partial charge in [-0.3, -0.25) is 19.5 Å². The van der Waals surface area contributed by atoms with Crippen molar-refractivity contribution in [3.63, 3.8) is 0 Å². The van der Waals surface area contributed by atoms with Gasteiger partial charge in [0, 0.05) is 49.2 Å². The number of rotatable bonds is 8. The highest BCUT2D eigenvalue weighted by Gasteiger charge is 2.26. The van der Waals surface area contributed by atoms with E-state index in [0.29, 0.717) is 12.1 Å². The zero-order valence-corrected chi connectivity index (χ0v) is 17.6. The summed E-state index contributed by atoms with van der Waals surface area (Å²) in [6.45, 7) is 16.3. The molecule has 0 aliphatic carbocycles. The second-order valence-corrected chi connectivity index (χ2v) is 8.10. The number of aromatic nitrogens is 3. The molecule has 2 aromatic rings. The number of likely N-dealkylation sites (N-methyl/N-ethyl adjacent to an activating group) is 1. The largest absolute Gasteiger partial charge is 0.299 e. The fourth-order valence-corrected chi connectivity index (χ4v) is 4.37. The number of aryl methyl sites for hydroxylation is 1. The van der Waals surface area contributed by atoms with Gasteiger partial charge in [0.25, 0.3) is 0 Å². The van der Waals surface area contributed by atoms with Crippen molar-refractivity contribution in [2.45, 2.75) is 72.6 Å². The Morgan fingerprint density at radius 1 is 1.22 bits per heavy atom. The van der Waals surface area contributed by atoms with Gasteiger partial charge in [0.15, 0.2) is 0 Å². The second-order valence-electron chi connectivity index (χ2n) is 8.10. The average molecular weight is 370 g/mol. The molecule has 0 aromatic carbocycles. The molecule has 27 heavy (non-hydrogen) atoms. The Morgan fingerprint density at radius 2 is 2.04 bits per heavy atom. The molecule has 148 valence electrons. The van der Waals surface area contributed by atoms with Crippen molar-refractivity contribution < 1.29 is 0 Å². The monoisotopic (exact) mass is 369 g/mol. The van der Waals surface area contributed by atoms with Crippen molar-refractivity contribution >= 4 is 0 Å². The first-order chi connectivity index (χ1) is 13.0. The molecule has 3 rings (SSSR count). The molecule has 5 heteroatoms. The Labute approximate surface area is 164 Å². The van der Waals surface area contributed by atoms with Crippen LogP contribution in [-0.4, -0.2) is 50.2 Å². The van der Waals surface area contributed by atoms with Gasteiger partial charge in [0.05, 0.1) is 11.4 Å². The highest BCUT2D eigenvalue weighted by Crippen LogP contribution is 2.23. The van der Waals surface area contributed by atoms with Gasteiger partial charge in [-0.2, -0.15) is 5.10 Å². The molecule has 0 radical (unpaired) electrons. The lowest BCUT2D eigenvalue weighted by molar-refractivity contribution is 0.164. The van der Waals surface area contributed by atoms with E-state index < -0.39 is 0 Å². The summed E-state index contributed by atoms with van der Waals surface area (Å²) in [6.07, 6.45) is 4.52. The van der Waals surface area contributed by atoms with Crippen LogP contribution in [0.2, 0.25) is 0 Å². The quantitative estimate of drug-likeness (QED) is 0.706. The van der Waals surface area contributed by atoms with Gasteiger partial charge in [-0.25, -0.2) is 0 Å². The third kappa shape index (κ3) is 4.77. The Morgan fingerprint density at radius 3 is 2.67 bits per heavy atom. The van der Waals surface area contributed by atoms with E-state index in [0.717, 1.165) is 37.6 Å². The smallest absolute Gasteiger partial charge is 0.0641 e. The molecule has 2 aromatic heterocycles. The van der Waals surface area contributed by atoms with Crippen LogP contribution in [0.4, 0.5) is 0 Å². The van der Waals surface area contributed by atoms with Crippen molar-refractivity contribution in [2.24, 2.45) is 0 Å². The predicted octanol–water partition coefficient (Wildman–Crippen LogP) is 3.96. The van der Waals surface area contributed by atoms with Gasteiger partial charge in [-0.05, 0) is 65.8 Å². The van der Waals surface area contributed by atoms with Crippen molar-refractivity contribution in [2.75, 3.05) is 19.6 Å². The standard InChI is InChI=1S/C22H35N5/c1-6-26-13-9-11-21(26)15-25(14-20-10-7-8-12-23-20)16-22-18(4)24-27(17(2)3)19(22)5/h7-8,10,12,17,21H,6,9,11,13-16H2,1-5H3/t21-/m0/s1. The molecular weight excluding hydrogens is 334 g/mol. The molecule has 1 saturated heterocycles. The molecule has 0 spiro atoms. The summed E-state index contributed by atoms with van der Waals surface area (Å²) in [6, 6.07) is 7.26. The minimum absolute atomic E-state index is 0.395. The van der Waals surface area contributed by atoms with Crippen LogP contribution in [0.25, 0.3) is 0 Å². The molecule has 5 nitrogen and oxygen atoms in total. The van der Waals surface area contributed by atoms with Crippen molar-refractivity contribution in [3.05, 3.63) is 47.0 Å². The van der Waals surface area contributed by atoms with Crippen LogP contribution in [-0.2, 0) is 13.1 Å². The van der Waals surface area contributed by atoms with Crippen LogP contribution in [0.15, 0.2) is 24.4 Å². The van der Waals surface area contributed by atoms with E-state index in [1.807, 2.05) is 12.3 Å². The topological polar surface area (TPSA) is 37.2 Å². The van der Waals surface area contributed by atoms with Crippen LogP contribution < -0.4 is 0 Å². The Bertz CT molecular complexity index is 722. The minimum atomic E-state index is 0.395. The first-order valence-corrected chi connectivity index (χ1v) is 10.4. The average Bonchev–Trinajstić information content (AvgIpc) is 3.21. The summed E-state index contributed by atoms with van der Waals surface area (Å²) in [5.74, 6) is 0. The molecular formula is C22H35N5. The molecule has 1 atom stereocenters. The fourth-order valence-electron chi connectivity index (χ4n) is 4.37. The number of nitrogens with zero attached hydrogens (tertiary/aromatic N) is 5. The number of hydrogen-bond donors (Lipinski definition) is 0. The lowest BCUT2D eigenvalue weighted by atomic mass is 10.1. The summed E-state index contributed by atoms with van der Waals surface area (Å²) in [7, 11) is 0. The van der Waals surface area contributed by atoms with Crippen LogP contribution in [0, 0.1) is 13.8 Å². The molecule has 0 unspecified atom stereocenters. The molecule has 1 aliphatic heterocycles. The first kappa shape index (κ1) is 20.0. The summed E-state index contributed by atoms with van der Waals surface area (Å²) < 4.78 is 2.16. The normalized spacial score (nSPS) is 18.1. The molecule has 3 heterocycles. The Balaban J connectivity index is 1.81. The van der Waals surface area contributed by atoms with E-state index in [1.165, 1.54) is 30.6 Å². The lowest BCUT2D eigenvalue weighted by Gasteiger charge is -2.30. The third-order valence-corrected chi connectivity index (χ3v) is 5.83. The maximum absolute atomic E-state index is 4.80. The van der Waals surface area contributed by atoms with Crippen LogP contribution in [0.5, 0.6) is 0 Å². The predicted molar refractivity (Wildman–Crippen MR) is 111 cm³/mol.